The molecule has 0 atom stereocenters. The molecule has 0 saturated carbocycles. The molecule has 2 N–H and O–H groups in total. The van der Waals surface area contributed by atoms with E-state index in [-0.39, 0.29) is 5.82 Å². The van der Waals surface area contributed by atoms with Crippen LogP contribution in [0.25, 0.3) is 0 Å². The molecule has 0 amide bonds. The second kappa shape index (κ2) is 5.43. The molecule has 0 unspecified atom stereocenters. The average Bonchev–Trinajstić information content (AvgIpc) is 2.28. The summed E-state index contributed by atoms with van der Waals surface area (Å²) < 4.78 is 13.0. The molecule has 0 aromatic heterocycles. The molecular formula is C13H11ClFNS. The van der Waals surface area contributed by atoms with Gasteiger partial charge in [-0.2, -0.15) is 0 Å². The standard InChI is InChI=1S/C13H11ClFNS/c14-12-7-11(16)4-5-13(12)17-8-9-2-1-3-10(15)6-9/h1-7H,8,16H2. The summed E-state index contributed by atoms with van der Waals surface area (Å²) in [5.74, 6) is 0.466. The molecule has 0 aliphatic rings. The van der Waals surface area contributed by atoms with Gasteiger partial charge in [-0.15, -0.1) is 11.8 Å². The Morgan fingerprint density at radius 2 is 2.00 bits per heavy atom. The lowest BCUT2D eigenvalue weighted by Gasteiger charge is -2.05. The summed E-state index contributed by atoms with van der Waals surface area (Å²) in [6.07, 6.45) is 0. The third-order valence-corrected chi connectivity index (χ3v) is 3.81. The van der Waals surface area contributed by atoms with Crippen molar-refractivity contribution in [2.45, 2.75) is 10.6 Å². The van der Waals surface area contributed by atoms with Gasteiger partial charge in [0.25, 0.3) is 0 Å². The van der Waals surface area contributed by atoms with Crippen molar-refractivity contribution in [3.05, 3.63) is 58.9 Å². The molecule has 88 valence electrons. The second-order valence-electron chi connectivity index (χ2n) is 3.61. The average molecular weight is 268 g/mol. The molecule has 0 fully saturated rings. The number of benzene rings is 2. The highest BCUT2D eigenvalue weighted by Gasteiger charge is 2.02. The van der Waals surface area contributed by atoms with Gasteiger partial charge in [-0.05, 0) is 35.9 Å². The Morgan fingerprint density at radius 3 is 2.71 bits per heavy atom. The van der Waals surface area contributed by atoms with Gasteiger partial charge in [0.05, 0.1) is 5.02 Å². The summed E-state index contributed by atoms with van der Waals surface area (Å²) in [5, 5.41) is 0.631. The normalized spacial score (nSPS) is 10.5. The number of nitrogen functional groups attached to an aromatic ring is 1. The van der Waals surface area contributed by atoms with Gasteiger partial charge in [-0.1, -0.05) is 23.7 Å². The van der Waals surface area contributed by atoms with Crippen LogP contribution in [-0.4, -0.2) is 0 Å². The molecule has 0 aliphatic carbocycles. The predicted octanol–water partition coefficient (Wildman–Crippen LogP) is 4.35. The van der Waals surface area contributed by atoms with Crippen LogP contribution in [0.4, 0.5) is 10.1 Å². The van der Waals surface area contributed by atoms with Crippen LogP contribution in [0.1, 0.15) is 5.56 Å². The van der Waals surface area contributed by atoms with Crippen molar-refractivity contribution in [3.8, 4) is 0 Å². The van der Waals surface area contributed by atoms with Gasteiger partial charge < -0.3 is 5.73 Å². The zero-order valence-corrected chi connectivity index (χ0v) is 10.6. The molecule has 2 aromatic rings. The molecule has 2 aromatic carbocycles. The summed E-state index contributed by atoms with van der Waals surface area (Å²) in [6, 6.07) is 12.0. The maximum absolute atomic E-state index is 13.0. The maximum atomic E-state index is 13.0. The highest BCUT2D eigenvalue weighted by atomic mass is 35.5. The summed E-state index contributed by atoms with van der Waals surface area (Å²) in [4.78, 5) is 0.949. The minimum Gasteiger partial charge on any atom is -0.399 e. The number of hydrogen-bond donors (Lipinski definition) is 1. The Labute approximate surface area is 109 Å². The lowest BCUT2D eigenvalue weighted by atomic mass is 10.2. The van der Waals surface area contributed by atoms with Crippen LogP contribution in [-0.2, 0) is 5.75 Å². The lowest BCUT2D eigenvalue weighted by molar-refractivity contribution is 0.626. The van der Waals surface area contributed by atoms with Gasteiger partial charge in [0.1, 0.15) is 5.82 Å². The number of thioether (sulfide) groups is 1. The van der Waals surface area contributed by atoms with E-state index in [1.54, 1.807) is 30.0 Å². The topological polar surface area (TPSA) is 26.0 Å². The van der Waals surface area contributed by atoms with E-state index in [1.807, 2.05) is 12.1 Å². The summed E-state index contributed by atoms with van der Waals surface area (Å²) in [7, 11) is 0. The molecule has 4 heteroatoms. The van der Waals surface area contributed by atoms with Crippen molar-refractivity contribution in [3.63, 3.8) is 0 Å². The molecule has 0 heterocycles. The quantitative estimate of drug-likeness (QED) is 0.661. The Bertz CT molecular complexity index is 531. The predicted molar refractivity (Wildman–Crippen MR) is 71.8 cm³/mol. The highest BCUT2D eigenvalue weighted by Crippen LogP contribution is 2.31. The SMILES string of the molecule is Nc1ccc(SCc2cccc(F)c2)c(Cl)c1. The smallest absolute Gasteiger partial charge is 0.123 e. The first kappa shape index (κ1) is 12.3. The summed E-state index contributed by atoms with van der Waals surface area (Å²) >= 11 is 7.62. The molecule has 0 bridgehead atoms. The van der Waals surface area contributed by atoms with Gasteiger partial charge >= 0.3 is 0 Å². The van der Waals surface area contributed by atoms with Crippen molar-refractivity contribution < 1.29 is 4.39 Å². The summed E-state index contributed by atoms with van der Waals surface area (Å²) in [6.45, 7) is 0. The van der Waals surface area contributed by atoms with Crippen molar-refractivity contribution >= 4 is 29.1 Å². The van der Waals surface area contributed by atoms with E-state index in [4.69, 9.17) is 17.3 Å². The van der Waals surface area contributed by atoms with Crippen molar-refractivity contribution in [2.24, 2.45) is 0 Å². The fraction of sp³-hybridized carbons (Fsp3) is 0.0769. The molecular weight excluding hydrogens is 257 g/mol. The van der Waals surface area contributed by atoms with E-state index in [9.17, 15) is 4.39 Å². The zero-order chi connectivity index (χ0) is 12.3. The van der Waals surface area contributed by atoms with Crippen LogP contribution >= 0.6 is 23.4 Å². The van der Waals surface area contributed by atoms with Crippen LogP contribution < -0.4 is 5.73 Å². The van der Waals surface area contributed by atoms with Crippen LogP contribution in [0.5, 0.6) is 0 Å². The van der Waals surface area contributed by atoms with E-state index < -0.39 is 0 Å². The minimum atomic E-state index is -0.216. The first-order chi connectivity index (χ1) is 8.15. The molecule has 0 aliphatic heterocycles. The van der Waals surface area contributed by atoms with Gasteiger partial charge in [-0.25, -0.2) is 4.39 Å². The van der Waals surface area contributed by atoms with E-state index in [0.29, 0.717) is 16.5 Å². The Kier molecular flexibility index (Phi) is 3.92. The molecule has 1 nitrogen and oxygen atoms in total. The molecule has 2 rings (SSSR count). The van der Waals surface area contributed by atoms with Crippen LogP contribution in [0.3, 0.4) is 0 Å². The number of rotatable bonds is 3. The maximum Gasteiger partial charge on any atom is 0.123 e. The molecule has 0 radical (unpaired) electrons. The van der Waals surface area contributed by atoms with E-state index in [0.717, 1.165) is 10.5 Å². The van der Waals surface area contributed by atoms with Gasteiger partial charge in [0, 0.05) is 16.3 Å². The van der Waals surface area contributed by atoms with Gasteiger partial charge in [-0.3, -0.25) is 0 Å². The number of halogens is 2. The fourth-order valence-corrected chi connectivity index (χ4v) is 2.64. The third-order valence-electron chi connectivity index (χ3n) is 2.24. The molecule has 0 spiro atoms. The van der Waals surface area contributed by atoms with E-state index in [2.05, 4.69) is 0 Å². The van der Waals surface area contributed by atoms with Crippen LogP contribution in [0, 0.1) is 5.82 Å². The van der Waals surface area contributed by atoms with E-state index in [1.165, 1.54) is 12.1 Å². The van der Waals surface area contributed by atoms with Crippen LogP contribution in [0.2, 0.25) is 5.02 Å². The Morgan fingerprint density at radius 1 is 1.18 bits per heavy atom. The van der Waals surface area contributed by atoms with E-state index >= 15 is 0 Å². The van der Waals surface area contributed by atoms with Gasteiger partial charge in [0.15, 0.2) is 0 Å². The number of anilines is 1. The monoisotopic (exact) mass is 267 g/mol. The third kappa shape index (κ3) is 3.38. The second-order valence-corrected chi connectivity index (χ2v) is 5.03. The number of hydrogen-bond acceptors (Lipinski definition) is 2. The Balaban J connectivity index is 2.07. The van der Waals surface area contributed by atoms with Crippen molar-refractivity contribution in [2.75, 3.05) is 5.73 Å². The lowest BCUT2D eigenvalue weighted by Crippen LogP contribution is -1.86. The van der Waals surface area contributed by atoms with Crippen LogP contribution in [0.15, 0.2) is 47.4 Å². The summed E-state index contributed by atoms with van der Waals surface area (Å²) in [5.41, 5.74) is 7.19. The fourth-order valence-electron chi connectivity index (χ4n) is 1.42. The Hall–Kier alpha value is -1.19. The highest BCUT2D eigenvalue weighted by molar-refractivity contribution is 7.98. The molecule has 0 saturated heterocycles. The minimum absolute atomic E-state index is 0.216. The van der Waals surface area contributed by atoms with Gasteiger partial charge in [0.2, 0.25) is 0 Å². The first-order valence-corrected chi connectivity index (χ1v) is 6.44. The largest absolute Gasteiger partial charge is 0.399 e. The zero-order valence-electron chi connectivity index (χ0n) is 8.99. The first-order valence-electron chi connectivity index (χ1n) is 5.07. The number of nitrogens with two attached hydrogens (primary N) is 1. The molecule has 17 heavy (non-hydrogen) atoms. The van der Waals surface area contributed by atoms with Crippen molar-refractivity contribution in [1.29, 1.82) is 0 Å². The van der Waals surface area contributed by atoms with Crippen molar-refractivity contribution in [1.82, 2.24) is 0 Å².